The van der Waals surface area contributed by atoms with Gasteiger partial charge in [-0.3, -0.25) is 4.98 Å². The number of hydrogen-bond acceptors (Lipinski definition) is 6. The molecular weight excluding hydrogens is 358 g/mol. The van der Waals surface area contributed by atoms with E-state index in [0.717, 1.165) is 22.0 Å². The topological polar surface area (TPSA) is 64.1 Å². The van der Waals surface area contributed by atoms with Crippen molar-refractivity contribution in [1.29, 1.82) is 0 Å². The summed E-state index contributed by atoms with van der Waals surface area (Å²) >= 11 is 1.39. The predicted molar refractivity (Wildman–Crippen MR) is 107 cm³/mol. The number of rotatable bonds is 6. The molecule has 27 heavy (non-hydrogen) atoms. The Kier molecular flexibility index (Phi) is 5.07. The summed E-state index contributed by atoms with van der Waals surface area (Å²) in [7, 11) is 0. The van der Waals surface area contributed by atoms with Gasteiger partial charge in [0, 0.05) is 29.1 Å². The Balaban J connectivity index is 1.38. The van der Waals surface area contributed by atoms with Gasteiger partial charge in [0.15, 0.2) is 10.8 Å². The lowest BCUT2D eigenvalue weighted by molar-refractivity contribution is 0.0468. The minimum Gasteiger partial charge on any atom is -0.456 e. The van der Waals surface area contributed by atoms with Crippen molar-refractivity contribution < 1.29 is 9.53 Å². The van der Waals surface area contributed by atoms with Crippen LogP contribution in [-0.2, 0) is 17.9 Å². The van der Waals surface area contributed by atoms with Gasteiger partial charge in [0.25, 0.3) is 0 Å². The average molecular weight is 375 g/mol. The minimum atomic E-state index is -0.438. The Hall–Kier alpha value is -3.25. The lowest BCUT2D eigenvalue weighted by Gasteiger charge is -2.06. The van der Waals surface area contributed by atoms with Crippen molar-refractivity contribution in [2.75, 3.05) is 5.32 Å². The van der Waals surface area contributed by atoms with Crippen LogP contribution >= 0.6 is 11.3 Å². The molecule has 4 rings (SSSR count). The van der Waals surface area contributed by atoms with Crippen molar-refractivity contribution in [2.45, 2.75) is 13.2 Å². The first-order valence-electron chi connectivity index (χ1n) is 8.53. The fourth-order valence-electron chi connectivity index (χ4n) is 2.72. The molecule has 0 aliphatic carbocycles. The molecule has 1 N–H and O–H groups in total. The number of anilines is 1. The molecule has 0 radical (unpaired) electrons. The molecule has 5 nitrogen and oxygen atoms in total. The highest BCUT2D eigenvalue weighted by Crippen LogP contribution is 2.19. The van der Waals surface area contributed by atoms with Crippen LogP contribution in [0.2, 0.25) is 0 Å². The molecule has 0 amide bonds. The summed E-state index contributed by atoms with van der Waals surface area (Å²) in [6.45, 7) is 0.821. The van der Waals surface area contributed by atoms with E-state index in [1.54, 1.807) is 11.6 Å². The lowest BCUT2D eigenvalue weighted by Crippen LogP contribution is -2.07. The second-order valence-electron chi connectivity index (χ2n) is 5.95. The van der Waals surface area contributed by atoms with Gasteiger partial charge in [0.05, 0.1) is 5.52 Å². The van der Waals surface area contributed by atoms with Crippen LogP contribution in [0.4, 0.5) is 5.13 Å². The number of fused-ring (bicyclic) bond motifs is 1. The predicted octanol–water partition coefficient (Wildman–Crippen LogP) is 4.66. The van der Waals surface area contributed by atoms with Crippen molar-refractivity contribution in [3.63, 3.8) is 0 Å². The Bertz CT molecular complexity index is 1060. The number of thiazole rings is 1. The zero-order valence-corrected chi connectivity index (χ0v) is 15.3. The van der Waals surface area contributed by atoms with Gasteiger partial charge in [-0.25, -0.2) is 9.78 Å². The number of hydrogen-bond donors (Lipinski definition) is 1. The van der Waals surface area contributed by atoms with E-state index in [1.807, 2.05) is 60.7 Å². The van der Waals surface area contributed by atoms with Crippen LogP contribution in [-0.4, -0.2) is 15.9 Å². The molecule has 0 saturated carbocycles. The van der Waals surface area contributed by atoms with Gasteiger partial charge in [0.1, 0.15) is 6.61 Å². The zero-order chi connectivity index (χ0) is 18.5. The molecule has 2 aromatic heterocycles. The molecule has 0 spiro atoms. The van der Waals surface area contributed by atoms with Crippen molar-refractivity contribution >= 4 is 33.3 Å². The number of para-hydroxylation sites is 1. The molecule has 0 saturated heterocycles. The van der Waals surface area contributed by atoms with Crippen LogP contribution in [0.5, 0.6) is 0 Å². The molecule has 0 fully saturated rings. The van der Waals surface area contributed by atoms with Crippen LogP contribution in [0, 0.1) is 0 Å². The Labute approximate surface area is 160 Å². The molecular formula is C21H17N3O2S. The summed E-state index contributed by atoms with van der Waals surface area (Å²) in [5.41, 5.74) is 3.18. The third-order valence-electron chi connectivity index (χ3n) is 4.07. The van der Waals surface area contributed by atoms with E-state index in [2.05, 4.69) is 15.3 Å². The third-order valence-corrected chi connectivity index (χ3v) is 4.87. The maximum atomic E-state index is 12.3. The monoisotopic (exact) mass is 375 g/mol. The number of carbonyl (C=O) groups is 1. The number of esters is 1. The van der Waals surface area contributed by atoms with Gasteiger partial charge in [-0.2, -0.15) is 0 Å². The summed E-state index contributed by atoms with van der Waals surface area (Å²) in [6.07, 6.45) is 1.73. The average Bonchev–Trinajstić information content (AvgIpc) is 3.20. The summed E-state index contributed by atoms with van der Waals surface area (Å²) in [6, 6.07) is 19.7. The van der Waals surface area contributed by atoms with E-state index in [1.165, 1.54) is 11.3 Å². The number of benzene rings is 2. The van der Waals surface area contributed by atoms with Gasteiger partial charge in [-0.05, 0) is 11.6 Å². The first kappa shape index (κ1) is 17.2. The smallest absolute Gasteiger partial charge is 0.358 e. The van der Waals surface area contributed by atoms with E-state index in [9.17, 15) is 4.79 Å². The first-order chi connectivity index (χ1) is 13.3. The highest BCUT2D eigenvalue weighted by atomic mass is 32.1. The summed E-state index contributed by atoms with van der Waals surface area (Å²) in [5, 5.41) is 6.64. The number of ether oxygens (including phenoxy) is 1. The molecule has 2 aromatic carbocycles. The molecule has 6 heteroatoms. The van der Waals surface area contributed by atoms with Crippen LogP contribution < -0.4 is 5.32 Å². The van der Waals surface area contributed by atoms with Gasteiger partial charge in [-0.15, -0.1) is 11.3 Å². The first-order valence-corrected chi connectivity index (χ1v) is 9.40. The molecule has 0 unspecified atom stereocenters. The van der Waals surface area contributed by atoms with Crippen molar-refractivity contribution in [3.8, 4) is 0 Å². The number of pyridine rings is 1. The van der Waals surface area contributed by atoms with Gasteiger partial charge < -0.3 is 10.1 Å². The van der Waals surface area contributed by atoms with E-state index < -0.39 is 5.97 Å². The number of carbonyl (C=O) groups excluding carboxylic acids is 1. The van der Waals surface area contributed by atoms with E-state index in [4.69, 9.17) is 4.74 Å². The van der Waals surface area contributed by atoms with Gasteiger partial charge in [-0.1, -0.05) is 54.6 Å². The highest BCUT2D eigenvalue weighted by molar-refractivity contribution is 7.13. The van der Waals surface area contributed by atoms with Crippen LogP contribution in [0.25, 0.3) is 10.9 Å². The summed E-state index contributed by atoms with van der Waals surface area (Å²) < 4.78 is 5.44. The second kappa shape index (κ2) is 7.97. The maximum absolute atomic E-state index is 12.3. The van der Waals surface area contributed by atoms with E-state index >= 15 is 0 Å². The molecule has 134 valence electrons. The highest BCUT2D eigenvalue weighted by Gasteiger charge is 2.13. The molecule has 2 heterocycles. The molecule has 0 atom stereocenters. The lowest BCUT2D eigenvalue weighted by atomic mass is 10.1. The Morgan fingerprint density at radius 3 is 2.78 bits per heavy atom. The normalized spacial score (nSPS) is 10.7. The number of nitrogens with zero attached hydrogens (tertiary/aromatic N) is 2. The van der Waals surface area contributed by atoms with Crippen molar-refractivity contribution in [1.82, 2.24) is 9.97 Å². The Morgan fingerprint density at radius 1 is 1.04 bits per heavy atom. The largest absolute Gasteiger partial charge is 0.456 e. The van der Waals surface area contributed by atoms with E-state index in [-0.39, 0.29) is 6.61 Å². The minimum absolute atomic E-state index is 0.164. The van der Waals surface area contributed by atoms with E-state index in [0.29, 0.717) is 17.4 Å². The third kappa shape index (κ3) is 4.12. The quantitative estimate of drug-likeness (QED) is 0.497. The molecule has 0 bridgehead atoms. The summed E-state index contributed by atoms with van der Waals surface area (Å²) in [5.74, 6) is -0.438. The SMILES string of the molecule is O=C(OCc1cccc2cccnc12)c1csc(NCc2ccccc2)n1. The van der Waals surface area contributed by atoms with Gasteiger partial charge in [0.2, 0.25) is 0 Å². The van der Waals surface area contributed by atoms with Crippen LogP contribution in [0.1, 0.15) is 21.6 Å². The van der Waals surface area contributed by atoms with Crippen LogP contribution in [0.3, 0.4) is 0 Å². The molecule has 0 aliphatic rings. The number of aromatic nitrogens is 2. The molecule has 4 aromatic rings. The van der Waals surface area contributed by atoms with Crippen LogP contribution in [0.15, 0.2) is 72.2 Å². The summed E-state index contributed by atoms with van der Waals surface area (Å²) in [4.78, 5) is 21.0. The van der Waals surface area contributed by atoms with Crippen molar-refractivity contribution in [3.05, 3.63) is 89.1 Å². The zero-order valence-electron chi connectivity index (χ0n) is 14.5. The second-order valence-corrected chi connectivity index (χ2v) is 6.80. The standard InChI is InChI=1S/C21H17N3O2S/c25-20(26-13-17-9-4-8-16-10-5-11-22-19(16)17)18-14-27-21(24-18)23-12-15-6-2-1-3-7-15/h1-11,14H,12-13H2,(H,23,24). The van der Waals surface area contributed by atoms with Gasteiger partial charge >= 0.3 is 5.97 Å². The fourth-order valence-corrected chi connectivity index (χ4v) is 3.40. The Morgan fingerprint density at radius 2 is 1.89 bits per heavy atom. The fraction of sp³-hybridized carbons (Fsp3) is 0.0952. The van der Waals surface area contributed by atoms with Crippen molar-refractivity contribution in [2.24, 2.45) is 0 Å². The molecule has 0 aliphatic heterocycles. The number of nitrogens with one attached hydrogen (secondary N) is 1. The maximum Gasteiger partial charge on any atom is 0.358 e.